The highest BCUT2D eigenvalue weighted by Crippen LogP contribution is 2.40. The number of rotatable bonds is 6. The van der Waals surface area contributed by atoms with E-state index in [1.807, 2.05) is 32.2 Å². The Balaban J connectivity index is 1.70. The van der Waals surface area contributed by atoms with Crippen molar-refractivity contribution in [2.45, 2.75) is 45.6 Å². The lowest BCUT2D eigenvalue weighted by Gasteiger charge is -2.23. The van der Waals surface area contributed by atoms with Gasteiger partial charge in [0.15, 0.2) is 0 Å². The zero-order chi connectivity index (χ0) is 23.2. The monoisotopic (exact) mass is 444 g/mol. The van der Waals surface area contributed by atoms with Crippen molar-refractivity contribution in [1.29, 1.82) is 0 Å². The van der Waals surface area contributed by atoms with Crippen molar-refractivity contribution >= 4 is 33.6 Å². The van der Waals surface area contributed by atoms with Crippen molar-refractivity contribution in [3.05, 3.63) is 54.5 Å². The molecule has 3 heterocycles. The number of aryl methyl sites for hydroxylation is 1. The van der Waals surface area contributed by atoms with Crippen LogP contribution < -0.4 is 9.64 Å². The van der Waals surface area contributed by atoms with Gasteiger partial charge in [0.2, 0.25) is 0 Å². The average molecular weight is 445 g/mol. The smallest absolute Gasteiger partial charge is 0.415 e. The summed E-state index contributed by atoms with van der Waals surface area (Å²) in [4.78, 5) is 23.7. The van der Waals surface area contributed by atoms with Crippen LogP contribution in [-0.2, 0) is 11.2 Å². The summed E-state index contributed by atoms with van der Waals surface area (Å²) in [6.07, 6.45) is 5.72. The molecule has 1 aliphatic heterocycles. The number of aromatic nitrogens is 3. The molecule has 1 amide bonds. The Labute approximate surface area is 193 Å². The lowest BCUT2D eigenvalue weighted by atomic mass is 9.97. The van der Waals surface area contributed by atoms with Gasteiger partial charge in [-0.2, -0.15) is 0 Å². The summed E-state index contributed by atoms with van der Waals surface area (Å²) in [7, 11) is 1.60. The number of carbonyl (C=O) groups excluding carboxylic acids is 1. The van der Waals surface area contributed by atoms with Gasteiger partial charge in [-0.3, -0.25) is 4.90 Å². The number of amides is 1. The molecule has 1 saturated heterocycles. The van der Waals surface area contributed by atoms with Crippen LogP contribution in [0.25, 0.3) is 27.6 Å². The van der Waals surface area contributed by atoms with Gasteiger partial charge < -0.3 is 14.0 Å². The van der Waals surface area contributed by atoms with Crippen LogP contribution in [0.4, 0.5) is 10.5 Å². The molecule has 0 bridgehead atoms. The minimum Gasteiger partial charge on any atom is -0.494 e. The molecule has 0 saturated carbocycles. The second-order valence-electron chi connectivity index (χ2n) is 8.47. The maximum absolute atomic E-state index is 12.9. The molecular weight excluding hydrogens is 416 g/mol. The number of nitrogens with zero attached hydrogens (tertiary/aromatic N) is 4. The molecule has 0 spiro atoms. The van der Waals surface area contributed by atoms with Crippen molar-refractivity contribution in [3.8, 4) is 11.6 Å². The van der Waals surface area contributed by atoms with E-state index in [9.17, 15) is 4.79 Å². The molecule has 0 N–H and O–H groups in total. The molecule has 1 aliphatic rings. The third kappa shape index (κ3) is 3.30. The largest absolute Gasteiger partial charge is 0.494 e. The van der Waals surface area contributed by atoms with Crippen LogP contribution >= 0.6 is 0 Å². The van der Waals surface area contributed by atoms with E-state index in [0.29, 0.717) is 18.0 Å². The summed E-state index contributed by atoms with van der Waals surface area (Å²) in [5.41, 5.74) is 3.31. The first kappa shape index (κ1) is 21.2. The van der Waals surface area contributed by atoms with Gasteiger partial charge >= 0.3 is 6.09 Å². The summed E-state index contributed by atoms with van der Waals surface area (Å²) >= 11 is 0. The van der Waals surface area contributed by atoms with E-state index in [1.54, 1.807) is 18.3 Å². The van der Waals surface area contributed by atoms with E-state index in [0.717, 1.165) is 41.5 Å². The number of cyclic esters (lactones) is 1. The molecule has 5 rings (SSSR count). The first-order valence-electron chi connectivity index (χ1n) is 11.5. The van der Waals surface area contributed by atoms with Crippen molar-refractivity contribution in [3.63, 3.8) is 0 Å². The van der Waals surface area contributed by atoms with Gasteiger partial charge in [-0.25, -0.2) is 14.8 Å². The fourth-order valence-corrected chi connectivity index (χ4v) is 4.78. The Morgan fingerprint density at radius 3 is 2.61 bits per heavy atom. The number of fused-ring (bicyclic) bond motifs is 2. The highest BCUT2D eigenvalue weighted by Gasteiger charge is 2.44. The SMILES string of the molecule is CCc1cccc2c1ccn2-c1ncnc2cc(OC)c(N3CC(CC)(CC)OC3=O)cc12. The van der Waals surface area contributed by atoms with E-state index in [1.165, 1.54) is 10.9 Å². The normalized spacial score (nSPS) is 15.4. The van der Waals surface area contributed by atoms with Crippen molar-refractivity contribution < 1.29 is 14.3 Å². The Kier molecular flexibility index (Phi) is 5.19. The standard InChI is InChI=1S/C26H28N4O3/c1-5-17-9-8-10-21-18(17)11-12-29(21)24-19-13-22(23(32-4)14-20(19)27-16-28-24)30-15-26(6-2,7-3)33-25(30)31/h8-14,16H,5-7,15H2,1-4H3. The Hall–Kier alpha value is -3.61. The van der Waals surface area contributed by atoms with Gasteiger partial charge in [-0.1, -0.05) is 32.9 Å². The fraction of sp³-hybridized carbons (Fsp3) is 0.346. The van der Waals surface area contributed by atoms with Gasteiger partial charge in [-0.05, 0) is 43.0 Å². The highest BCUT2D eigenvalue weighted by molar-refractivity contribution is 5.99. The molecule has 0 aliphatic carbocycles. The fourth-order valence-electron chi connectivity index (χ4n) is 4.78. The molecule has 0 unspecified atom stereocenters. The first-order chi connectivity index (χ1) is 16.0. The Morgan fingerprint density at radius 2 is 1.91 bits per heavy atom. The number of hydrogen-bond acceptors (Lipinski definition) is 5. The molecule has 7 nitrogen and oxygen atoms in total. The van der Waals surface area contributed by atoms with Gasteiger partial charge in [0.05, 0.1) is 30.4 Å². The summed E-state index contributed by atoms with van der Waals surface area (Å²) in [5, 5.41) is 2.05. The number of methoxy groups -OCH3 is 1. The molecule has 2 aromatic carbocycles. The Morgan fingerprint density at radius 1 is 1.09 bits per heavy atom. The van der Waals surface area contributed by atoms with Crippen LogP contribution in [0.2, 0.25) is 0 Å². The number of anilines is 1. The van der Waals surface area contributed by atoms with E-state index < -0.39 is 5.60 Å². The van der Waals surface area contributed by atoms with Crippen molar-refractivity contribution in [1.82, 2.24) is 14.5 Å². The quantitative estimate of drug-likeness (QED) is 0.384. The van der Waals surface area contributed by atoms with Crippen LogP contribution in [0.1, 0.15) is 39.2 Å². The minimum atomic E-state index is -0.486. The number of benzene rings is 2. The van der Waals surface area contributed by atoms with Crippen LogP contribution in [0, 0.1) is 0 Å². The predicted molar refractivity (Wildman–Crippen MR) is 129 cm³/mol. The van der Waals surface area contributed by atoms with E-state index in [2.05, 4.69) is 45.7 Å². The molecule has 1 fully saturated rings. The lowest BCUT2D eigenvalue weighted by molar-refractivity contribution is 0.0504. The second kappa shape index (κ2) is 8.06. The first-order valence-corrected chi connectivity index (χ1v) is 11.5. The van der Waals surface area contributed by atoms with Crippen molar-refractivity contribution in [2.75, 3.05) is 18.6 Å². The summed E-state index contributed by atoms with van der Waals surface area (Å²) in [6, 6.07) is 12.3. The van der Waals surface area contributed by atoms with Gasteiger partial charge in [-0.15, -0.1) is 0 Å². The Bertz CT molecular complexity index is 1360. The van der Waals surface area contributed by atoms with Gasteiger partial charge in [0.1, 0.15) is 23.5 Å². The third-order valence-electron chi connectivity index (χ3n) is 6.90. The summed E-state index contributed by atoms with van der Waals surface area (Å²) in [5.74, 6) is 1.34. The van der Waals surface area contributed by atoms with E-state index in [-0.39, 0.29) is 6.09 Å². The number of hydrogen-bond donors (Lipinski definition) is 0. The molecule has 4 aromatic rings. The van der Waals surface area contributed by atoms with Crippen LogP contribution in [0.5, 0.6) is 5.75 Å². The molecule has 33 heavy (non-hydrogen) atoms. The third-order valence-corrected chi connectivity index (χ3v) is 6.90. The summed E-state index contributed by atoms with van der Waals surface area (Å²) in [6.45, 7) is 6.74. The zero-order valence-corrected chi connectivity index (χ0v) is 19.5. The molecular formula is C26H28N4O3. The lowest BCUT2D eigenvalue weighted by Crippen LogP contribution is -2.33. The van der Waals surface area contributed by atoms with Gasteiger partial charge in [0.25, 0.3) is 0 Å². The predicted octanol–water partition coefficient (Wildman–Crippen LogP) is 5.66. The second-order valence-corrected chi connectivity index (χ2v) is 8.47. The van der Waals surface area contributed by atoms with E-state index in [4.69, 9.17) is 9.47 Å². The van der Waals surface area contributed by atoms with Gasteiger partial charge in [0, 0.05) is 23.0 Å². The van der Waals surface area contributed by atoms with Crippen LogP contribution in [-0.4, -0.2) is 39.9 Å². The van der Waals surface area contributed by atoms with Crippen molar-refractivity contribution in [2.24, 2.45) is 0 Å². The maximum Gasteiger partial charge on any atom is 0.415 e. The molecule has 170 valence electrons. The number of ether oxygens (including phenoxy) is 2. The zero-order valence-electron chi connectivity index (χ0n) is 19.5. The maximum atomic E-state index is 12.9. The average Bonchev–Trinajstić information content (AvgIpc) is 3.44. The van der Waals surface area contributed by atoms with E-state index >= 15 is 0 Å². The topological polar surface area (TPSA) is 69.5 Å². The van der Waals surface area contributed by atoms with Crippen LogP contribution in [0.15, 0.2) is 48.9 Å². The summed E-state index contributed by atoms with van der Waals surface area (Å²) < 4.78 is 13.6. The molecule has 7 heteroatoms. The molecule has 0 atom stereocenters. The molecule has 0 radical (unpaired) electrons. The molecule has 2 aromatic heterocycles. The minimum absolute atomic E-state index is 0.353. The van der Waals surface area contributed by atoms with Crippen LogP contribution in [0.3, 0.4) is 0 Å². The highest BCUT2D eigenvalue weighted by atomic mass is 16.6. The number of carbonyl (C=O) groups is 1.